The third kappa shape index (κ3) is 182. The van der Waals surface area contributed by atoms with Gasteiger partial charge in [0.05, 0.1) is 0 Å². The number of unbranched alkanes of at least 4 members (excludes halogenated alkanes) is 1. The number of rotatable bonds is 3. The van der Waals surface area contributed by atoms with Crippen molar-refractivity contribution in [2.24, 2.45) is 17.8 Å². The highest BCUT2D eigenvalue weighted by atomic mass is 14.1. The second-order valence-corrected chi connectivity index (χ2v) is 8.10. The summed E-state index contributed by atoms with van der Waals surface area (Å²) in [5, 5.41) is 0. The fourth-order valence-corrected chi connectivity index (χ4v) is 1.60. The molecule has 0 aromatic rings. The zero-order valence-electron chi connectivity index (χ0n) is 29.8. The molecule has 0 atom stereocenters. The fourth-order valence-electron chi connectivity index (χ4n) is 1.60. The quantitative estimate of drug-likeness (QED) is 0.366. The minimum atomic E-state index is 0.833. The van der Waals surface area contributed by atoms with Crippen molar-refractivity contribution in [3.05, 3.63) is 0 Å². The van der Waals surface area contributed by atoms with Gasteiger partial charge in [0.1, 0.15) is 0 Å². The molecule has 0 heteroatoms. The van der Waals surface area contributed by atoms with Crippen LogP contribution in [0.15, 0.2) is 0 Å². The van der Waals surface area contributed by atoms with Gasteiger partial charge >= 0.3 is 0 Å². The topological polar surface area (TPSA) is 0 Å². The lowest BCUT2D eigenvalue weighted by Gasteiger charge is -2.15. The van der Waals surface area contributed by atoms with Crippen LogP contribution in [0.25, 0.3) is 0 Å². The van der Waals surface area contributed by atoms with Crippen molar-refractivity contribution in [2.45, 2.75) is 210 Å². The molecule has 0 aromatic carbocycles. The molecule has 1 rings (SSSR count). The van der Waals surface area contributed by atoms with Crippen LogP contribution >= 0.6 is 0 Å². The van der Waals surface area contributed by atoms with Gasteiger partial charge in [-0.05, 0) is 17.8 Å². The first-order valence-corrected chi connectivity index (χ1v) is 16.3. The van der Waals surface area contributed by atoms with Crippen molar-refractivity contribution in [1.82, 2.24) is 0 Å². The summed E-state index contributed by atoms with van der Waals surface area (Å²) < 4.78 is 0. The second kappa shape index (κ2) is 93.6. The molecule has 1 fully saturated rings. The van der Waals surface area contributed by atoms with Crippen LogP contribution in [0.5, 0.6) is 0 Å². The van der Waals surface area contributed by atoms with Crippen molar-refractivity contribution in [1.29, 1.82) is 0 Å². The van der Waals surface area contributed by atoms with E-state index in [1.54, 1.807) is 0 Å². The summed E-state index contributed by atoms with van der Waals surface area (Å²) in [4.78, 5) is 0. The number of hydrogen-bond donors (Lipinski definition) is 0. The first-order valence-electron chi connectivity index (χ1n) is 16.3. The van der Waals surface area contributed by atoms with Crippen molar-refractivity contribution >= 4 is 0 Å². The average molecular weight is 495 g/mol. The van der Waals surface area contributed by atoms with Crippen LogP contribution < -0.4 is 0 Å². The molecule has 1 aliphatic rings. The molecule has 0 spiro atoms. The van der Waals surface area contributed by atoms with E-state index in [4.69, 9.17) is 0 Å². The smallest absolute Gasteiger partial charge is 0.0443 e. The van der Waals surface area contributed by atoms with Gasteiger partial charge < -0.3 is 0 Å². The Bertz CT molecular complexity index is 145. The van der Waals surface area contributed by atoms with Crippen LogP contribution in [-0.2, 0) is 0 Å². The first-order chi connectivity index (χ1) is 16.3. The van der Waals surface area contributed by atoms with Crippen molar-refractivity contribution in [2.75, 3.05) is 0 Å². The highest BCUT2D eigenvalue weighted by molar-refractivity contribution is 4.59. The monoisotopic (exact) mass is 495 g/mol. The van der Waals surface area contributed by atoms with Crippen LogP contribution in [0.4, 0.5) is 0 Å². The van der Waals surface area contributed by atoms with Gasteiger partial charge in [0.25, 0.3) is 0 Å². The van der Waals surface area contributed by atoms with Crippen LogP contribution in [0, 0.1) is 17.8 Å². The molecule has 0 amide bonds. The van der Waals surface area contributed by atoms with E-state index in [0.29, 0.717) is 0 Å². The molecule has 222 valence electrons. The lowest BCUT2D eigenvalue weighted by Crippen LogP contribution is -1.99. The molecule has 34 heavy (non-hydrogen) atoms. The summed E-state index contributed by atoms with van der Waals surface area (Å²) in [5.41, 5.74) is 0. The summed E-state index contributed by atoms with van der Waals surface area (Å²) in [5.74, 6) is 2.80. The van der Waals surface area contributed by atoms with Crippen molar-refractivity contribution < 1.29 is 0 Å². The van der Waals surface area contributed by atoms with Crippen molar-refractivity contribution in [3.63, 3.8) is 0 Å². The van der Waals surface area contributed by atoms with E-state index in [1.807, 2.05) is 69.2 Å². The van der Waals surface area contributed by atoms with Crippen LogP contribution in [0.1, 0.15) is 210 Å². The Morgan fingerprint density at radius 3 is 0.765 bits per heavy atom. The molecule has 0 aliphatic heterocycles. The van der Waals surface area contributed by atoms with Gasteiger partial charge in [0, 0.05) is 0 Å². The van der Waals surface area contributed by atoms with E-state index in [1.165, 1.54) is 64.2 Å². The third-order valence-corrected chi connectivity index (χ3v) is 3.79. The molecular weight excluding hydrogens is 408 g/mol. The Kier molecular flexibility index (Phi) is 163. The van der Waals surface area contributed by atoms with E-state index in [9.17, 15) is 0 Å². The molecule has 0 heterocycles. The molecule has 0 nitrogen and oxygen atoms in total. The number of hydrogen-bond acceptors (Lipinski definition) is 0. The zero-order valence-corrected chi connectivity index (χ0v) is 29.8. The predicted octanol–water partition coefficient (Wildman–Crippen LogP) is 15.0. The van der Waals surface area contributed by atoms with Gasteiger partial charge in [-0.15, -0.1) is 0 Å². The van der Waals surface area contributed by atoms with E-state index >= 15 is 0 Å². The third-order valence-electron chi connectivity index (χ3n) is 3.79. The summed E-state index contributed by atoms with van der Waals surface area (Å²) >= 11 is 0. The lowest BCUT2D eigenvalue weighted by atomic mass is 9.91. The summed E-state index contributed by atoms with van der Waals surface area (Å²) in [6.07, 6.45) is 14.0. The molecule has 0 bridgehead atoms. The van der Waals surface area contributed by atoms with Crippen LogP contribution in [0.3, 0.4) is 0 Å². The Morgan fingerprint density at radius 2 is 0.706 bits per heavy atom. The molecular formula is C34H86. The standard InChI is InChI=1S/C7H14.C6H14.2C4H10.C3H8.5C2H6/c1-7-5-3-2-4-6-7;1-4-6(3)5-2;1-4(2)3;1-3-4-2;1-3-2;5*1-2/h7H,2-6H2,1H3;6H,4-5H2,1-3H3;4H,1-3H3;3-4H2,1-2H3;3H2,1-2H3;5*1-2H3. The first kappa shape index (κ1) is 59.2. The van der Waals surface area contributed by atoms with E-state index in [2.05, 4.69) is 76.2 Å². The van der Waals surface area contributed by atoms with E-state index in [-0.39, 0.29) is 0 Å². The minimum absolute atomic E-state index is 0.833. The van der Waals surface area contributed by atoms with Crippen LogP contribution in [-0.4, -0.2) is 0 Å². The largest absolute Gasteiger partial charge is 0.0683 e. The zero-order chi connectivity index (χ0) is 29.8. The van der Waals surface area contributed by atoms with E-state index < -0.39 is 0 Å². The summed E-state index contributed by atoms with van der Waals surface area (Å²) in [6, 6.07) is 0. The molecule has 0 saturated heterocycles. The Labute approximate surface area is 227 Å². The van der Waals surface area contributed by atoms with Gasteiger partial charge in [0.2, 0.25) is 0 Å². The summed E-state index contributed by atoms with van der Waals surface area (Å²) in [7, 11) is 0. The Morgan fingerprint density at radius 1 is 0.500 bits per heavy atom. The molecule has 1 saturated carbocycles. The average Bonchev–Trinajstić information content (AvgIpc) is 2.90. The fraction of sp³-hybridized carbons (Fsp3) is 1.00. The second-order valence-electron chi connectivity index (χ2n) is 8.10. The summed E-state index contributed by atoms with van der Waals surface area (Å²) in [6.45, 7) is 44.2. The maximum Gasteiger partial charge on any atom is -0.0443 e. The molecule has 0 unspecified atom stereocenters. The lowest BCUT2D eigenvalue weighted by molar-refractivity contribution is 0.385. The molecule has 0 aromatic heterocycles. The van der Waals surface area contributed by atoms with E-state index in [0.717, 1.165) is 17.8 Å². The van der Waals surface area contributed by atoms with Gasteiger partial charge in [-0.25, -0.2) is 0 Å². The maximum atomic E-state index is 2.36. The minimum Gasteiger partial charge on any atom is -0.0683 e. The Balaban J connectivity index is -0.0000000307. The SMILES string of the molecule is CC.CC.CC.CC.CC.CC(C)C.CC1CCCCC1.CCC.CCC(C)CC.CCCC. The molecule has 0 N–H and O–H groups in total. The Hall–Kier alpha value is 0. The molecule has 1 aliphatic carbocycles. The maximum absolute atomic E-state index is 2.36. The van der Waals surface area contributed by atoms with Gasteiger partial charge in [-0.3, -0.25) is 0 Å². The van der Waals surface area contributed by atoms with Crippen LogP contribution in [0.2, 0.25) is 0 Å². The van der Waals surface area contributed by atoms with Gasteiger partial charge in [-0.2, -0.15) is 0 Å². The van der Waals surface area contributed by atoms with Gasteiger partial charge in [0.15, 0.2) is 0 Å². The van der Waals surface area contributed by atoms with Gasteiger partial charge in [-0.1, -0.05) is 210 Å². The molecule has 0 radical (unpaired) electrons. The normalized spacial score (nSPS) is 10.3. The highest BCUT2D eigenvalue weighted by Crippen LogP contribution is 2.22. The van der Waals surface area contributed by atoms with Crippen molar-refractivity contribution in [3.8, 4) is 0 Å². The highest BCUT2D eigenvalue weighted by Gasteiger charge is 2.05. The predicted molar refractivity (Wildman–Crippen MR) is 176 cm³/mol.